The molecule has 1 aromatic carbocycles. The van der Waals surface area contributed by atoms with Crippen molar-refractivity contribution in [1.82, 2.24) is 9.88 Å². The van der Waals surface area contributed by atoms with Crippen molar-refractivity contribution in [3.8, 4) is 0 Å². The topological polar surface area (TPSA) is 46.4 Å². The average Bonchev–Trinajstić information content (AvgIpc) is 3.02. The van der Waals surface area contributed by atoms with E-state index in [0.717, 1.165) is 16.9 Å². The molecule has 1 aromatic heterocycles. The smallest absolute Gasteiger partial charge is 0.264 e. The van der Waals surface area contributed by atoms with Crippen LogP contribution in [0.15, 0.2) is 46.4 Å². The highest BCUT2D eigenvalue weighted by atomic mass is 35.5. The normalized spacial score (nSPS) is 18.2. The van der Waals surface area contributed by atoms with Crippen LogP contribution in [0, 0.1) is 6.92 Å². The number of aliphatic imine (C=N–C) groups is 1. The summed E-state index contributed by atoms with van der Waals surface area (Å²) in [6.45, 7) is 1.96. The monoisotopic (exact) mass is 331 g/mol. The minimum atomic E-state index is -0.135. The maximum Gasteiger partial charge on any atom is 0.264 e. The highest BCUT2D eigenvalue weighted by Gasteiger charge is 2.24. The van der Waals surface area contributed by atoms with E-state index in [1.165, 1.54) is 11.8 Å². The summed E-state index contributed by atoms with van der Waals surface area (Å²) in [7, 11) is 1.94. The van der Waals surface area contributed by atoms with E-state index in [1.807, 2.05) is 55.1 Å². The Hall–Kier alpha value is -1.98. The average molecular weight is 332 g/mol. The lowest BCUT2D eigenvalue weighted by Gasteiger charge is -2.01. The van der Waals surface area contributed by atoms with Gasteiger partial charge < -0.3 is 9.88 Å². The minimum absolute atomic E-state index is 0.135. The lowest BCUT2D eigenvalue weighted by molar-refractivity contribution is -0.115. The zero-order valence-electron chi connectivity index (χ0n) is 12.1. The van der Waals surface area contributed by atoms with Crippen LogP contribution in [0.1, 0.15) is 11.3 Å². The standard InChI is InChI=1S/C16H14ClN3OS/c1-10-5-6-11(17)8-13(10)18-16-19-15(21)14(22-16)9-12-4-3-7-20(12)2/h3-9H,1-2H3,(H,18,19,21)/b14-9-. The van der Waals surface area contributed by atoms with Gasteiger partial charge in [0, 0.05) is 24.0 Å². The van der Waals surface area contributed by atoms with Crippen molar-refractivity contribution in [3.63, 3.8) is 0 Å². The molecule has 1 fully saturated rings. The molecule has 0 radical (unpaired) electrons. The Morgan fingerprint density at radius 3 is 2.91 bits per heavy atom. The number of amides is 1. The molecule has 4 nitrogen and oxygen atoms in total. The first-order valence-corrected chi connectivity index (χ1v) is 7.89. The second kappa shape index (κ2) is 6.02. The number of carbonyl (C=O) groups is 1. The van der Waals surface area contributed by atoms with Crippen LogP contribution in [0.4, 0.5) is 5.69 Å². The minimum Gasteiger partial charge on any atom is -0.351 e. The molecule has 0 bridgehead atoms. The van der Waals surface area contributed by atoms with Crippen LogP contribution in [0.2, 0.25) is 5.02 Å². The van der Waals surface area contributed by atoms with Crippen LogP contribution in [0.25, 0.3) is 6.08 Å². The summed E-state index contributed by atoms with van der Waals surface area (Å²) < 4.78 is 1.96. The molecule has 2 heterocycles. The van der Waals surface area contributed by atoms with Gasteiger partial charge in [-0.25, -0.2) is 4.99 Å². The Labute approximate surface area is 137 Å². The number of aryl methyl sites for hydroxylation is 2. The molecular weight excluding hydrogens is 318 g/mol. The van der Waals surface area contributed by atoms with Crippen LogP contribution < -0.4 is 5.32 Å². The first-order valence-electron chi connectivity index (χ1n) is 6.70. The molecule has 0 spiro atoms. The number of aromatic nitrogens is 1. The van der Waals surface area contributed by atoms with Gasteiger partial charge >= 0.3 is 0 Å². The maximum absolute atomic E-state index is 12.0. The zero-order valence-corrected chi connectivity index (χ0v) is 13.7. The molecule has 1 saturated heterocycles. The van der Waals surface area contributed by atoms with Gasteiger partial charge in [0.1, 0.15) is 0 Å². The van der Waals surface area contributed by atoms with Crippen molar-refractivity contribution >= 4 is 46.2 Å². The summed E-state index contributed by atoms with van der Waals surface area (Å²) in [5.41, 5.74) is 2.74. The van der Waals surface area contributed by atoms with Gasteiger partial charge in [-0.15, -0.1) is 0 Å². The third-order valence-electron chi connectivity index (χ3n) is 3.31. The van der Waals surface area contributed by atoms with E-state index in [1.54, 1.807) is 6.07 Å². The van der Waals surface area contributed by atoms with Crippen molar-refractivity contribution in [3.05, 3.63) is 57.7 Å². The van der Waals surface area contributed by atoms with Crippen LogP contribution >= 0.6 is 23.4 Å². The molecule has 1 N–H and O–H groups in total. The number of rotatable bonds is 2. The summed E-state index contributed by atoms with van der Waals surface area (Å²) >= 11 is 7.32. The number of nitrogens with zero attached hydrogens (tertiary/aromatic N) is 2. The highest BCUT2D eigenvalue weighted by Crippen LogP contribution is 2.30. The maximum atomic E-state index is 12.0. The van der Waals surface area contributed by atoms with Crippen LogP contribution in [-0.2, 0) is 11.8 Å². The summed E-state index contributed by atoms with van der Waals surface area (Å²) in [4.78, 5) is 17.2. The molecule has 1 aliphatic heterocycles. The molecule has 0 saturated carbocycles. The van der Waals surface area contributed by atoms with Gasteiger partial charge in [0.15, 0.2) is 5.17 Å². The fraction of sp³-hybridized carbons (Fsp3) is 0.125. The number of nitrogens with one attached hydrogen (secondary N) is 1. The number of benzene rings is 1. The highest BCUT2D eigenvalue weighted by molar-refractivity contribution is 8.18. The first-order chi connectivity index (χ1) is 10.5. The number of halogens is 1. The summed E-state index contributed by atoms with van der Waals surface area (Å²) in [5, 5.41) is 3.97. The Bertz CT molecular complexity index is 807. The molecule has 22 heavy (non-hydrogen) atoms. The Balaban J connectivity index is 1.88. The Kier molecular flexibility index (Phi) is 4.09. The van der Waals surface area contributed by atoms with E-state index in [0.29, 0.717) is 15.1 Å². The SMILES string of the molecule is Cc1ccc(Cl)cc1N=C1NC(=O)/C(=C/c2cccn2C)S1. The summed E-state index contributed by atoms with van der Waals surface area (Å²) in [6, 6.07) is 9.41. The molecule has 0 aliphatic carbocycles. The molecule has 2 aromatic rings. The molecule has 1 amide bonds. The van der Waals surface area contributed by atoms with Crippen LogP contribution in [0.5, 0.6) is 0 Å². The summed E-state index contributed by atoms with van der Waals surface area (Å²) in [6.07, 6.45) is 3.79. The quantitative estimate of drug-likeness (QED) is 0.849. The van der Waals surface area contributed by atoms with Gasteiger partial charge in [0.2, 0.25) is 0 Å². The molecule has 3 rings (SSSR count). The third-order valence-corrected chi connectivity index (χ3v) is 4.45. The van der Waals surface area contributed by atoms with Gasteiger partial charge in [0.05, 0.1) is 10.6 Å². The third kappa shape index (κ3) is 3.10. The van der Waals surface area contributed by atoms with E-state index < -0.39 is 0 Å². The number of amidine groups is 1. The molecule has 0 atom stereocenters. The van der Waals surface area contributed by atoms with Crippen molar-refractivity contribution in [2.75, 3.05) is 0 Å². The Morgan fingerprint density at radius 2 is 2.18 bits per heavy atom. The van der Waals surface area contributed by atoms with E-state index >= 15 is 0 Å². The van der Waals surface area contributed by atoms with Crippen molar-refractivity contribution < 1.29 is 4.79 Å². The van der Waals surface area contributed by atoms with E-state index in [2.05, 4.69) is 10.3 Å². The number of thioether (sulfide) groups is 1. The van der Waals surface area contributed by atoms with Crippen molar-refractivity contribution in [2.24, 2.45) is 12.0 Å². The van der Waals surface area contributed by atoms with E-state index in [4.69, 9.17) is 11.6 Å². The van der Waals surface area contributed by atoms with Crippen molar-refractivity contribution in [1.29, 1.82) is 0 Å². The van der Waals surface area contributed by atoms with Gasteiger partial charge in [-0.3, -0.25) is 4.79 Å². The largest absolute Gasteiger partial charge is 0.351 e. The molecule has 1 aliphatic rings. The predicted octanol–water partition coefficient (Wildman–Crippen LogP) is 3.88. The van der Waals surface area contributed by atoms with Crippen LogP contribution in [0.3, 0.4) is 0 Å². The molecule has 0 unspecified atom stereocenters. The van der Waals surface area contributed by atoms with E-state index in [-0.39, 0.29) is 5.91 Å². The van der Waals surface area contributed by atoms with Crippen LogP contribution in [-0.4, -0.2) is 15.6 Å². The fourth-order valence-corrected chi connectivity index (χ4v) is 3.04. The fourth-order valence-electron chi connectivity index (χ4n) is 2.05. The lowest BCUT2D eigenvalue weighted by atomic mass is 10.2. The molecule has 112 valence electrons. The van der Waals surface area contributed by atoms with Gasteiger partial charge in [-0.05, 0) is 54.6 Å². The predicted molar refractivity (Wildman–Crippen MR) is 92.4 cm³/mol. The van der Waals surface area contributed by atoms with Gasteiger partial charge in [-0.2, -0.15) is 0 Å². The first kappa shape index (κ1) is 14.9. The zero-order chi connectivity index (χ0) is 15.7. The van der Waals surface area contributed by atoms with Gasteiger partial charge in [0.25, 0.3) is 5.91 Å². The Morgan fingerprint density at radius 1 is 1.36 bits per heavy atom. The number of hydrogen-bond donors (Lipinski definition) is 1. The molecule has 6 heteroatoms. The second-order valence-corrected chi connectivity index (χ2v) is 6.42. The summed E-state index contributed by atoms with van der Waals surface area (Å²) in [5.74, 6) is -0.135. The van der Waals surface area contributed by atoms with Gasteiger partial charge in [-0.1, -0.05) is 17.7 Å². The second-order valence-electron chi connectivity index (χ2n) is 4.96. The number of hydrogen-bond acceptors (Lipinski definition) is 3. The van der Waals surface area contributed by atoms with Crippen molar-refractivity contribution in [2.45, 2.75) is 6.92 Å². The van der Waals surface area contributed by atoms with E-state index in [9.17, 15) is 4.79 Å². The number of carbonyl (C=O) groups excluding carboxylic acids is 1. The lowest BCUT2D eigenvalue weighted by Crippen LogP contribution is -2.19. The molecular formula is C16H14ClN3OS.